The number of hydrogen-bond acceptors (Lipinski definition) is 6. The van der Waals surface area contributed by atoms with Crippen LogP contribution in [0.5, 0.6) is 11.8 Å². The molecular weight excluding hydrogens is 468 g/mol. The summed E-state index contributed by atoms with van der Waals surface area (Å²) in [6, 6.07) is 9.74. The van der Waals surface area contributed by atoms with Crippen LogP contribution in [0.25, 0.3) is 22.2 Å². The Balaban J connectivity index is 1.58. The fourth-order valence-corrected chi connectivity index (χ4v) is 4.32. The van der Waals surface area contributed by atoms with Crippen molar-refractivity contribution in [3.8, 4) is 23.0 Å². The molecule has 1 amide bonds. The van der Waals surface area contributed by atoms with Crippen LogP contribution in [0, 0.1) is 11.6 Å². The molecule has 10 heteroatoms. The number of amides is 1. The van der Waals surface area contributed by atoms with Crippen LogP contribution in [0.15, 0.2) is 48.8 Å². The number of nitrogens with zero attached hydrogens (tertiary/aromatic N) is 3. The van der Waals surface area contributed by atoms with E-state index in [0.717, 1.165) is 30.2 Å². The van der Waals surface area contributed by atoms with Gasteiger partial charge < -0.3 is 19.8 Å². The second-order valence-corrected chi connectivity index (χ2v) is 8.92. The number of fused-ring (bicyclic) bond motifs is 1. The third-order valence-electron chi connectivity index (χ3n) is 6.09. The van der Waals surface area contributed by atoms with Crippen molar-refractivity contribution in [3.63, 3.8) is 0 Å². The summed E-state index contributed by atoms with van der Waals surface area (Å²) in [5, 5.41) is 2.88. The van der Waals surface area contributed by atoms with Gasteiger partial charge in [0.1, 0.15) is 11.4 Å². The standard InChI is InChI=1S/C26H25F2N5O3/c1-14(2)35-26(34)32-23-19(27)11-15(12-20(23)28)24-22(29)18-8-7-17(36-25-30-9-4-10-31-25)13-21(18)33(24)16-5-3-6-16/h4,7-14,16H,3,5-6,29H2,1-2H3,(H,32,34). The predicted molar refractivity (Wildman–Crippen MR) is 132 cm³/mol. The van der Waals surface area contributed by atoms with Gasteiger partial charge in [-0.25, -0.2) is 23.5 Å². The quantitative estimate of drug-likeness (QED) is 0.321. The number of rotatable bonds is 6. The van der Waals surface area contributed by atoms with Crippen molar-refractivity contribution in [2.24, 2.45) is 0 Å². The van der Waals surface area contributed by atoms with Gasteiger partial charge in [0.15, 0.2) is 11.6 Å². The van der Waals surface area contributed by atoms with Crippen molar-refractivity contribution in [2.75, 3.05) is 11.1 Å². The zero-order valence-corrected chi connectivity index (χ0v) is 19.8. The number of hydrogen-bond donors (Lipinski definition) is 2. The van der Waals surface area contributed by atoms with Crippen LogP contribution < -0.4 is 15.8 Å². The van der Waals surface area contributed by atoms with Crippen molar-refractivity contribution >= 4 is 28.4 Å². The first kappa shape index (κ1) is 23.5. The molecule has 4 aromatic rings. The highest BCUT2D eigenvalue weighted by Gasteiger charge is 2.28. The van der Waals surface area contributed by atoms with Crippen molar-refractivity contribution in [2.45, 2.75) is 45.3 Å². The van der Waals surface area contributed by atoms with Gasteiger partial charge in [0.25, 0.3) is 0 Å². The first-order valence-corrected chi connectivity index (χ1v) is 11.7. The largest absolute Gasteiger partial charge is 0.447 e. The second-order valence-electron chi connectivity index (χ2n) is 8.92. The molecule has 2 heterocycles. The molecule has 3 N–H and O–H groups in total. The number of nitrogens with one attached hydrogen (secondary N) is 1. The molecule has 0 saturated heterocycles. The summed E-state index contributed by atoms with van der Waals surface area (Å²) in [6.45, 7) is 3.28. The van der Waals surface area contributed by atoms with E-state index in [-0.39, 0.29) is 17.6 Å². The Bertz CT molecular complexity index is 1410. The fourth-order valence-electron chi connectivity index (χ4n) is 4.32. The average molecular weight is 494 g/mol. The summed E-state index contributed by atoms with van der Waals surface area (Å²) in [5.41, 5.74) is 7.93. The first-order chi connectivity index (χ1) is 17.3. The summed E-state index contributed by atoms with van der Waals surface area (Å²) in [4.78, 5) is 20.1. The van der Waals surface area contributed by atoms with Gasteiger partial charge in [-0.2, -0.15) is 0 Å². The maximum Gasteiger partial charge on any atom is 0.412 e. The number of anilines is 2. The predicted octanol–water partition coefficient (Wildman–Crippen LogP) is 6.43. The Hall–Kier alpha value is -4.21. The van der Waals surface area contributed by atoms with E-state index >= 15 is 8.78 Å². The van der Waals surface area contributed by atoms with Crippen molar-refractivity contribution in [1.82, 2.24) is 14.5 Å². The van der Waals surface area contributed by atoms with E-state index in [9.17, 15) is 4.79 Å². The highest BCUT2D eigenvalue weighted by molar-refractivity contribution is 6.02. The van der Waals surface area contributed by atoms with Gasteiger partial charge in [-0.1, -0.05) is 0 Å². The number of halogens is 2. The minimum Gasteiger partial charge on any atom is -0.447 e. The molecule has 2 aromatic heterocycles. The van der Waals surface area contributed by atoms with Gasteiger partial charge in [-0.05, 0) is 63.4 Å². The number of nitrogen functional groups attached to an aromatic ring is 1. The molecule has 0 unspecified atom stereocenters. The molecule has 0 atom stereocenters. The molecule has 1 fully saturated rings. The second kappa shape index (κ2) is 9.44. The molecular formula is C26H25F2N5O3. The van der Waals surface area contributed by atoms with Gasteiger partial charge >= 0.3 is 12.1 Å². The minimum atomic E-state index is -0.937. The summed E-state index contributed by atoms with van der Waals surface area (Å²) in [7, 11) is 0. The molecule has 0 bridgehead atoms. The van der Waals surface area contributed by atoms with E-state index in [2.05, 4.69) is 15.3 Å². The van der Waals surface area contributed by atoms with Crippen molar-refractivity contribution < 1.29 is 23.0 Å². The summed E-state index contributed by atoms with van der Waals surface area (Å²) in [5.74, 6) is -1.35. The Morgan fingerprint density at radius 2 is 1.83 bits per heavy atom. The fraction of sp³-hybridized carbons (Fsp3) is 0.269. The van der Waals surface area contributed by atoms with Crippen LogP contribution in [-0.4, -0.2) is 26.7 Å². The van der Waals surface area contributed by atoms with Gasteiger partial charge in [0.05, 0.1) is 23.0 Å². The lowest BCUT2D eigenvalue weighted by atomic mass is 9.92. The third kappa shape index (κ3) is 4.41. The molecule has 186 valence electrons. The van der Waals surface area contributed by atoms with Crippen LogP contribution in [0.3, 0.4) is 0 Å². The number of benzene rings is 2. The van der Waals surface area contributed by atoms with E-state index < -0.39 is 29.5 Å². The maximum absolute atomic E-state index is 15.0. The minimum absolute atomic E-state index is 0.118. The van der Waals surface area contributed by atoms with Crippen molar-refractivity contribution in [3.05, 3.63) is 60.4 Å². The Labute approximate surface area is 206 Å². The van der Waals surface area contributed by atoms with E-state index in [1.807, 2.05) is 16.7 Å². The number of carbonyl (C=O) groups excluding carboxylic acids is 1. The lowest BCUT2D eigenvalue weighted by Gasteiger charge is -2.30. The van der Waals surface area contributed by atoms with E-state index in [1.165, 1.54) is 12.1 Å². The maximum atomic E-state index is 15.0. The topological polar surface area (TPSA) is 104 Å². The highest BCUT2D eigenvalue weighted by Crippen LogP contribution is 2.45. The van der Waals surface area contributed by atoms with E-state index in [0.29, 0.717) is 17.1 Å². The molecule has 2 aromatic carbocycles. The molecule has 0 aliphatic heterocycles. The molecule has 5 rings (SSSR count). The van der Waals surface area contributed by atoms with Crippen molar-refractivity contribution in [1.29, 1.82) is 0 Å². The van der Waals surface area contributed by atoms with Crippen LogP contribution >= 0.6 is 0 Å². The Morgan fingerprint density at radius 3 is 2.44 bits per heavy atom. The summed E-state index contributed by atoms with van der Waals surface area (Å²) < 4.78 is 42.8. The van der Waals surface area contributed by atoms with E-state index in [1.54, 1.807) is 38.4 Å². The third-order valence-corrected chi connectivity index (χ3v) is 6.09. The lowest BCUT2D eigenvalue weighted by Crippen LogP contribution is -2.20. The van der Waals surface area contributed by atoms with E-state index in [4.69, 9.17) is 15.2 Å². The zero-order chi connectivity index (χ0) is 25.4. The molecule has 1 aliphatic rings. The van der Waals surface area contributed by atoms with Crippen LogP contribution in [0.1, 0.15) is 39.2 Å². The zero-order valence-electron chi connectivity index (χ0n) is 19.8. The normalized spacial score (nSPS) is 13.6. The SMILES string of the molecule is CC(C)OC(=O)Nc1c(F)cc(-c2c(N)c3ccc(Oc4ncccn4)cc3n2C2CCC2)cc1F. The summed E-state index contributed by atoms with van der Waals surface area (Å²) >= 11 is 0. The van der Waals surface area contributed by atoms with Crippen LogP contribution in [0.2, 0.25) is 0 Å². The molecule has 1 saturated carbocycles. The van der Waals surface area contributed by atoms with Gasteiger partial charge in [-0.15, -0.1) is 0 Å². The highest BCUT2D eigenvalue weighted by atomic mass is 19.1. The van der Waals surface area contributed by atoms with Crippen LogP contribution in [-0.2, 0) is 4.74 Å². The van der Waals surface area contributed by atoms with Gasteiger partial charge in [0.2, 0.25) is 0 Å². The first-order valence-electron chi connectivity index (χ1n) is 11.7. The number of aromatic nitrogens is 3. The van der Waals surface area contributed by atoms with Crippen LogP contribution in [0.4, 0.5) is 25.0 Å². The lowest BCUT2D eigenvalue weighted by molar-refractivity contribution is 0.129. The monoisotopic (exact) mass is 493 g/mol. The Morgan fingerprint density at radius 1 is 1.14 bits per heavy atom. The number of ether oxygens (including phenoxy) is 2. The molecule has 36 heavy (non-hydrogen) atoms. The average Bonchev–Trinajstić information content (AvgIpc) is 3.07. The summed E-state index contributed by atoms with van der Waals surface area (Å²) in [6.07, 6.45) is 4.66. The molecule has 0 radical (unpaired) electrons. The van der Waals surface area contributed by atoms with Gasteiger partial charge in [0, 0.05) is 35.5 Å². The number of nitrogens with two attached hydrogens (primary N) is 1. The van der Waals surface area contributed by atoms with Gasteiger partial charge in [-0.3, -0.25) is 5.32 Å². The molecule has 0 spiro atoms. The molecule has 1 aliphatic carbocycles. The smallest absolute Gasteiger partial charge is 0.412 e. The number of carbonyl (C=O) groups is 1. The molecule has 8 nitrogen and oxygen atoms in total. The Kier molecular flexibility index (Phi) is 6.17.